The van der Waals surface area contributed by atoms with Crippen LogP contribution in [-0.2, 0) is 9.59 Å². The lowest BCUT2D eigenvalue weighted by molar-refractivity contribution is -0.151. The number of rotatable bonds is 8. The zero-order chi connectivity index (χ0) is 17.0. The van der Waals surface area contributed by atoms with E-state index in [2.05, 4.69) is 0 Å². The average Bonchev–Trinajstić information content (AvgIpc) is 2.31. The molecule has 0 spiro atoms. The van der Waals surface area contributed by atoms with Crippen LogP contribution in [0.5, 0.6) is 0 Å². The number of ketones is 2. The topological polar surface area (TPSA) is 94.8 Å². The first kappa shape index (κ1) is 20.2. The van der Waals surface area contributed by atoms with Gasteiger partial charge in [-0.25, -0.2) is 0 Å². The highest BCUT2D eigenvalue weighted by molar-refractivity contribution is 5.95. The molecule has 0 aliphatic carbocycles. The van der Waals surface area contributed by atoms with Gasteiger partial charge >= 0.3 is 0 Å². The Morgan fingerprint density at radius 1 is 1.10 bits per heavy atom. The van der Waals surface area contributed by atoms with Gasteiger partial charge in [-0.15, -0.1) is 0 Å². The van der Waals surface area contributed by atoms with E-state index in [0.29, 0.717) is 0 Å². The third kappa shape index (κ3) is 6.24. The predicted octanol–water partition coefficient (Wildman–Crippen LogP) is 1.47. The molecule has 21 heavy (non-hydrogen) atoms. The molecule has 0 amide bonds. The first-order valence-corrected chi connectivity index (χ1v) is 7.44. The standard InChI is InChI=1S/C16H30O5/c1-10(2)13(19)12(18)7-8-16(21,9-11(3)17)14(20)15(4,5)6/h10,12-13,18-19,21H,7-9H2,1-6H3/t12-,13-,16-/m1/s1. The maximum atomic E-state index is 12.4. The quantitative estimate of drug-likeness (QED) is 0.631. The second-order valence-electron chi connectivity index (χ2n) is 7.33. The second kappa shape index (κ2) is 7.47. The third-order valence-electron chi connectivity index (χ3n) is 3.58. The molecule has 0 rings (SSSR count). The van der Waals surface area contributed by atoms with Gasteiger partial charge in [0.25, 0.3) is 0 Å². The van der Waals surface area contributed by atoms with E-state index < -0.39 is 29.0 Å². The number of carbonyl (C=O) groups is 2. The molecule has 124 valence electrons. The Labute approximate surface area is 127 Å². The number of hydrogen-bond donors (Lipinski definition) is 3. The van der Waals surface area contributed by atoms with E-state index in [1.54, 1.807) is 34.6 Å². The average molecular weight is 302 g/mol. The summed E-state index contributed by atoms with van der Waals surface area (Å²) in [5, 5.41) is 30.3. The van der Waals surface area contributed by atoms with Crippen molar-refractivity contribution in [2.75, 3.05) is 0 Å². The van der Waals surface area contributed by atoms with Crippen molar-refractivity contribution < 1.29 is 24.9 Å². The largest absolute Gasteiger partial charge is 0.390 e. The fourth-order valence-corrected chi connectivity index (χ4v) is 2.39. The molecule has 5 heteroatoms. The second-order valence-corrected chi connectivity index (χ2v) is 7.33. The molecule has 0 unspecified atom stereocenters. The van der Waals surface area contributed by atoms with E-state index in [0.717, 1.165) is 0 Å². The third-order valence-corrected chi connectivity index (χ3v) is 3.58. The molecule has 0 aliphatic rings. The van der Waals surface area contributed by atoms with Crippen molar-refractivity contribution in [3.8, 4) is 0 Å². The van der Waals surface area contributed by atoms with E-state index in [-0.39, 0.29) is 31.0 Å². The van der Waals surface area contributed by atoms with Crippen LogP contribution in [0.15, 0.2) is 0 Å². The number of hydrogen-bond acceptors (Lipinski definition) is 5. The van der Waals surface area contributed by atoms with Crippen molar-refractivity contribution in [1.29, 1.82) is 0 Å². The van der Waals surface area contributed by atoms with Gasteiger partial charge in [-0.2, -0.15) is 0 Å². The maximum absolute atomic E-state index is 12.4. The summed E-state index contributed by atoms with van der Waals surface area (Å²) in [6.45, 7) is 9.91. The fourth-order valence-electron chi connectivity index (χ4n) is 2.39. The molecule has 0 aromatic heterocycles. The van der Waals surface area contributed by atoms with Gasteiger partial charge in [-0.05, 0) is 25.7 Å². The van der Waals surface area contributed by atoms with Gasteiger partial charge in [-0.3, -0.25) is 9.59 Å². The Morgan fingerprint density at radius 3 is 1.90 bits per heavy atom. The first-order chi connectivity index (χ1) is 9.31. The molecule has 0 fully saturated rings. The Hall–Kier alpha value is -0.780. The molecule has 0 radical (unpaired) electrons. The zero-order valence-electron chi connectivity index (χ0n) is 14.0. The van der Waals surface area contributed by atoms with Crippen LogP contribution in [-0.4, -0.2) is 44.7 Å². The van der Waals surface area contributed by atoms with Crippen LogP contribution >= 0.6 is 0 Å². The Bertz CT molecular complexity index is 369. The molecular formula is C16H30O5. The van der Waals surface area contributed by atoms with Gasteiger partial charge in [0.05, 0.1) is 12.2 Å². The van der Waals surface area contributed by atoms with Crippen molar-refractivity contribution in [3.63, 3.8) is 0 Å². The van der Waals surface area contributed by atoms with Crippen LogP contribution in [0.3, 0.4) is 0 Å². The first-order valence-electron chi connectivity index (χ1n) is 7.44. The van der Waals surface area contributed by atoms with Crippen LogP contribution in [0.2, 0.25) is 0 Å². The molecule has 0 aromatic rings. The van der Waals surface area contributed by atoms with Gasteiger partial charge in [0, 0.05) is 11.8 Å². The lowest BCUT2D eigenvalue weighted by Gasteiger charge is -2.33. The van der Waals surface area contributed by atoms with E-state index in [4.69, 9.17) is 0 Å². The minimum absolute atomic E-state index is 0.0480. The summed E-state index contributed by atoms with van der Waals surface area (Å²) < 4.78 is 0. The van der Waals surface area contributed by atoms with Crippen molar-refractivity contribution in [1.82, 2.24) is 0 Å². The molecule has 3 N–H and O–H groups in total. The van der Waals surface area contributed by atoms with Crippen molar-refractivity contribution in [3.05, 3.63) is 0 Å². The number of carbonyl (C=O) groups excluding carboxylic acids is 2. The molecule has 0 bridgehead atoms. The van der Waals surface area contributed by atoms with Crippen molar-refractivity contribution in [2.24, 2.45) is 11.3 Å². The van der Waals surface area contributed by atoms with Gasteiger partial charge in [0.15, 0.2) is 5.78 Å². The summed E-state index contributed by atoms with van der Waals surface area (Å²) in [6, 6.07) is 0. The molecule has 0 aromatic carbocycles. The Morgan fingerprint density at radius 2 is 1.57 bits per heavy atom. The lowest BCUT2D eigenvalue weighted by Crippen LogP contribution is -2.47. The van der Waals surface area contributed by atoms with E-state index in [1.807, 2.05) is 0 Å². The van der Waals surface area contributed by atoms with Gasteiger partial charge in [-0.1, -0.05) is 34.6 Å². The van der Waals surface area contributed by atoms with Gasteiger partial charge in [0.1, 0.15) is 11.4 Å². The summed E-state index contributed by atoms with van der Waals surface area (Å²) in [5.41, 5.74) is -2.58. The highest BCUT2D eigenvalue weighted by Crippen LogP contribution is 2.30. The lowest BCUT2D eigenvalue weighted by atomic mass is 9.75. The minimum Gasteiger partial charge on any atom is -0.390 e. The predicted molar refractivity (Wildman–Crippen MR) is 80.8 cm³/mol. The molecule has 0 saturated carbocycles. The SMILES string of the molecule is CC(=O)C[C@](O)(CC[C@@H](O)[C@H](O)C(C)C)C(=O)C(C)(C)C. The van der Waals surface area contributed by atoms with Gasteiger partial charge < -0.3 is 15.3 Å². The summed E-state index contributed by atoms with van der Waals surface area (Å²) >= 11 is 0. The van der Waals surface area contributed by atoms with E-state index >= 15 is 0 Å². The zero-order valence-corrected chi connectivity index (χ0v) is 14.0. The maximum Gasteiger partial charge on any atom is 0.170 e. The molecular weight excluding hydrogens is 272 g/mol. The van der Waals surface area contributed by atoms with Crippen LogP contribution in [0.4, 0.5) is 0 Å². The molecule has 0 heterocycles. The molecule has 0 saturated heterocycles. The van der Waals surface area contributed by atoms with E-state index in [1.165, 1.54) is 6.92 Å². The highest BCUT2D eigenvalue weighted by Gasteiger charge is 2.43. The van der Waals surface area contributed by atoms with Crippen molar-refractivity contribution >= 4 is 11.6 Å². The summed E-state index contributed by atoms with van der Waals surface area (Å²) in [7, 11) is 0. The van der Waals surface area contributed by atoms with Gasteiger partial charge in [0.2, 0.25) is 0 Å². The number of Topliss-reactive ketones (excluding diaryl/α,β-unsaturated/α-hetero) is 2. The monoisotopic (exact) mass is 302 g/mol. The molecule has 3 atom stereocenters. The Balaban J connectivity index is 5.02. The summed E-state index contributed by atoms with van der Waals surface area (Å²) in [4.78, 5) is 23.7. The minimum atomic E-state index is -1.79. The smallest absolute Gasteiger partial charge is 0.170 e. The van der Waals surface area contributed by atoms with Crippen LogP contribution < -0.4 is 0 Å². The molecule has 5 nitrogen and oxygen atoms in total. The molecule has 0 aliphatic heterocycles. The van der Waals surface area contributed by atoms with Crippen LogP contribution in [0.1, 0.15) is 60.8 Å². The number of aliphatic hydroxyl groups is 3. The van der Waals surface area contributed by atoms with Crippen LogP contribution in [0.25, 0.3) is 0 Å². The Kier molecular flexibility index (Phi) is 7.20. The van der Waals surface area contributed by atoms with Crippen molar-refractivity contribution in [2.45, 2.75) is 78.6 Å². The normalized spacial score (nSPS) is 18.2. The summed E-state index contributed by atoms with van der Waals surface area (Å²) in [5.74, 6) is -0.829. The van der Waals surface area contributed by atoms with E-state index in [9.17, 15) is 24.9 Å². The fraction of sp³-hybridized carbons (Fsp3) is 0.875. The summed E-state index contributed by atoms with van der Waals surface area (Å²) in [6.07, 6.45) is -2.21. The highest BCUT2D eigenvalue weighted by atomic mass is 16.3. The number of aliphatic hydroxyl groups excluding tert-OH is 2. The van der Waals surface area contributed by atoms with Crippen LogP contribution in [0, 0.1) is 11.3 Å².